The topological polar surface area (TPSA) is 46.2 Å². The van der Waals surface area contributed by atoms with Crippen LogP contribution in [0.3, 0.4) is 0 Å². The summed E-state index contributed by atoms with van der Waals surface area (Å²) in [7, 11) is -3.27. The van der Waals surface area contributed by atoms with E-state index in [2.05, 4.69) is 5.32 Å². The number of hydrogen-bond donors (Lipinski definition) is 1. The summed E-state index contributed by atoms with van der Waals surface area (Å²) in [6, 6.07) is 11.2. The highest BCUT2D eigenvalue weighted by Crippen LogP contribution is 2.32. The lowest BCUT2D eigenvalue weighted by molar-refractivity contribution is -0.137. The standard InChI is InChI=1S/C18H20F3NO2S/c1-12(2)17(13-4-6-14(7-5-13)18(19,20)21)22-15-8-10-16(11-9-15)25(3,23)24/h4-12,17,22H,1-3H3. The summed E-state index contributed by atoms with van der Waals surface area (Å²) in [6.45, 7) is 3.92. The SMILES string of the molecule is CC(C)C(Nc1ccc(S(C)(=O)=O)cc1)c1ccc(C(F)(F)F)cc1. The molecule has 2 rings (SSSR count). The van der Waals surface area contributed by atoms with Crippen molar-refractivity contribution in [2.24, 2.45) is 5.92 Å². The maximum atomic E-state index is 12.7. The highest BCUT2D eigenvalue weighted by atomic mass is 32.2. The molecule has 0 aliphatic heterocycles. The number of anilines is 1. The molecule has 0 fully saturated rings. The highest BCUT2D eigenvalue weighted by Gasteiger charge is 2.30. The number of alkyl halides is 3. The predicted molar refractivity (Wildman–Crippen MR) is 92.2 cm³/mol. The van der Waals surface area contributed by atoms with Gasteiger partial charge in [-0.2, -0.15) is 13.2 Å². The van der Waals surface area contributed by atoms with Gasteiger partial charge in [-0.25, -0.2) is 8.42 Å². The Kier molecular flexibility index (Phi) is 5.46. The van der Waals surface area contributed by atoms with Crippen LogP contribution in [-0.2, 0) is 16.0 Å². The molecular weight excluding hydrogens is 351 g/mol. The van der Waals surface area contributed by atoms with E-state index in [4.69, 9.17) is 0 Å². The van der Waals surface area contributed by atoms with Crippen molar-refractivity contribution >= 4 is 15.5 Å². The Morgan fingerprint density at radius 3 is 1.84 bits per heavy atom. The average Bonchev–Trinajstić information content (AvgIpc) is 2.51. The third kappa shape index (κ3) is 4.98. The molecule has 1 N–H and O–H groups in total. The van der Waals surface area contributed by atoms with E-state index in [0.29, 0.717) is 5.69 Å². The minimum atomic E-state index is -4.36. The van der Waals surface area contributed by atoms with Gasteiger partial charge in [0.05, 0.1) is 16.5 Å². The van der Waals surface area contributed by atoms with Gasteiger partial charge in [-0.3, -0.25) is 0 Å². The number of hydrogen-bond acceptors (Lipinski definition) is 3. The zero-order chi connectivity index (χ0) is 18.8. The van der Waals surface area contributed by atoms with Gasteiger partial charge in [0, 0.05) is 11.9 Å². The summed E-state index contributed by atoms with van der Waals surface area (Å²) in [4.78, 5) is 0.216. The fourth-order valence-corrected chi connectivity index (χ4v) is 3.12. The van der Waals surface area contributed by atoms with Crippen molar-refractivity contribution in [3.63, 3.8) is 0 Å². The minimum Gasteiger partial charge on any atom is -0.378 e. The van der Waals surface area contributed by atoms with E-state index in [1.54, 1.807) is 12.1 Å². The molecule has 0 radical (unpaired) electrons. The zero-order valence-corrected chi connectivity index (χ0v) is 14.9. The second-order valence-electron chi connectivity index (χ2n) is 6.28. The molecule has 0 amide bonds. The van der Waals surface area contributed by atoms with Crippen LogP contribution in [0, 0.1) is 5.92 Å². The Balaban J connectivity index is 2.24. The Morgan fingerprint density at radius 2 is 1.44 bits per heavy atom. The van der Waals surface area contributed by atoms with Crippen LogP contribution >= 0.6 is 0 Å². The molecule has 0 spiro atoms. The summed E-state index contributed by atoms with van der Waals surface area (Å²) < 4.78 is 61.1. The average molecular weight is 371 g/mol. The third-order valence-corrected chi connectivity index (χ3v) is 5.00. The fraction of sp³-hybridized carbons (Fsp3) is 0.333. The lowest BCUT2D eigenvalue weighted by atomic mass is 9.95. The predicted octanol–water partition coefficient (Wildman–Crippen LogP) is 4.92. The number of sulfone groups is 1. The Labute approximate surface area is 145 Å². The molecule has 2 aromatic carbocycles. The Hall–Kier alpha value is -2.02. The molecular formula is C18H20F3NO2S. The van der Waals surface area contributed by atoms with Gasteiger partial charge in [0.2, 0.25) is 0 Å². The summed E-state index contributed by atoms with van der Waals surface area (Å²) >= 11 is 0. The molecule has 0 aliphatic carbocycles. The van der Waals surface area contributed by atoms with E-state index in [1.165, 1.54) is 24.3 Å². The highest BCUT2D eigenvalue weighted by molar-refractivity contribution is 7.90. The molecule has 7 heteroatoms. The van der Waals surface area contributed by atoms with E-state index in [0.717, 1.165) is 24.0 Å². The van der Waals surface area contributed by atoms with Crippen LogP contribution in [0.5, 0.6) is 0 Å². The van der Waals surface area contributed by atoms with Crippen molar-refractivity contribution in [1.29, 1.82) is 0 Å². The zero-order valence-electron chi connectivity index (χ0n) is 14.1. The van der Waals surface area contributed by atoms with Crippen LogP contribution in [0.2, 0.25) is 0 Å². The monoisotopic (exact) mass is 371 g/mol. The smallest absolute Gasteiger partial charge is 0.378 e. The first-order valence-corrected chi connectivity index (χ1v) is 9.61. The third-order valence-electron chi connectivity index (χ3n) is 3.87. The molecule has 0 saturated carbocycles. The molecule has 0 aromatic heterocycles. The van der Waals surface area contributed by atoms with Gasteiger partial charge >= 0.3 is 6.18 Å². The molecule has 2 aromatic rings. The van der Waals surface area contributed by atoms with E-state index in [-0.39, 0.29) is 16.9 Å². The minimum absolute atomic E-state index is 0.117. The molecule has 25 heavy (non-hydrogen) atoms. The molecule has 0 aliphatic rings. The van der Waals surface area contributed by atoms with Gasteiger partial charge < -0.3 is 5.32 Å². The number of rotatable bonds is 5. The van der Waals surface area contributed by atoms with Gasteiger partial charge in [-0.15, -0.1) is 0 Å². The summed E-state index contributed by atoms with van der Waals surface area (Å²) in [6.07, 6.45) is -3.23. The van der Waals surface area contributed by atoms with E-state index in [1.807, 2.05) is 13.8 Å². The molecule has 0 saturated heterocycles. The second-order valence-corrected chi connectivity index (χ2v) is 8.30. The summed E-state index contributed by atoms with van der Waals surface area (Å²) in [5.74, 6) is 0.117. The van der Waals surface area contributed by atoms with Crippen LogP contribution < -0.4 is 5.32 Å². The number of benzene rings is 2. The first kappa shape index (κ1) is 19.3. The second kappa shape index (κ2) is 7.07. The quantitative estimate of drug-likeness (QED) is 0.812. The molecule has 1 unspecified atom stereocenters. The summed E-state index contributed by atoms with van der Waals surface area (Å²) in [5.41, 5.74) is 0.748. The number of halogens is 3. The first-order chi connectivity index (χ1) is 11.5. The van der Waals surface area contributed by atoms with E-state index < -0.39 is 21.6 Å². The molecule has 0 heterocycles. The van der Waals surface area contributed by atoms with Crippen molar-refractivity contribution < 1.29 is 21.6 Å². The van der Waals surface area contributed by atoms with Gasteiger partial charge in [-0.1, -0.05) is 26.0 Å². The largest absolute Gasteiger partial charge is 0.416 e. The fourth-order valence-electron chi connectivity index (χ4n) is 2.49. The maximum absolute atomic E-state index is 12.7. The van der Waals surface area contributed by atoms with Crippen LogP contribution in [-0.4, -0.2) is 14.7 Å². The van der Waals surface area contributed by atoms with Gasteiger partial charge in [0.25, 0.3) is 0 Å². The van der Waals surface area contributed by atoms with Crippen molar-refractivity contribution in [3.05, 3.63) is 59.7 Å². The molecule has 0 bridgehead atoms. The number of nitrogens with one attached hydrogen (secondary N) is 1. The van der Waals surface area contributed by atoms with Crippen LogP contribution in [0.4, 0.5) is 18.9 Å². The van der Waals surface area contributed by atoms with Crippen molar-refractivity contribution in [1.82, 2.24) is 0 Å². The molecule has 3 nitrogen and oxygen atoms in total. The Morgan fingerprint density at radius 1 is 0.920 bits per heavy atom. The lowest BCUT2D eigenvalue weighted by Gasteiger charge is -2.24. The Bertz CT molecular complexity index is 811. The van der Waals surface area contributed by atoms with E-state index >= 15 is 0 Å². The normalized spacial score (nSPS) is 13.7. The lowest BCUT2D eigenvalue weighted by Crippen LogP contribution is -2.17. The molecule has 1 atom stereocenters. The summed E-state index contributed by atoms with van der Waals surface area (Å²) in [5, 5.41) is 3.26. The van der Waals surface area contributed by atoms with Crippen molar-refractivity contribution in [3.8, 4) is 0 Å². The maximum Gasteiger partial charge on any atom is 0.416 e. The van der Waals surface area contributed by atoms with Crippen LogP contribution in [0.25, 0.3) is 0 Å². The van der Waals surface area contributed by atoms with Crippen molar-refractivity contribution in [2.45, 2.75) is 31.0 Å². The van der Waals surface area contributed by atoms with Crippen LogP contribution in [0.15, 0.2) is 53.4 Å². The van der Waals surface area contributed by atoms with Crippen molar-refractivity contribution in [2.75, 3.05) is 11.6 Å². The van der Waals surface area contributed by atoms with E-state index in [9.17, 15) is 21.6 Å². The molecule has 136 valence electrons. The van der Waals surface area contributed by atoms with Gasteiger partial charge in [-0.05, 0) is 47.9 Å². The first-order valence-electron chi connectivity index (χ1n) is 7.72. The van der Waals surface area contributed by atoms with Gasteiger partial charge in [0.15, 0.2) is 9.84 Å². The van der Waals surface area contributed by atoms with Crippen LogP contribution in [0.1, 0.15) is 31.0 Å². The van der Waals surface area contributed by atoms with Gasteiger partial charge in [0.1, 0.15) is 0 Å².